The van der Waals surface area contributed by atoms with E-state index in [9.17, 15) is 0 Å². The Kier molecular flexibility index (Phi) is 6.84. The molecule has 1 fully saturated rings. The first kappa shape index (κ1) is 15.5. The highest BCUT2D eigenvalue weighted by Gasteiger charge is 2.14. The molecule has 1 N–H and O–H groups in total. The average molecular weight is 318 g/mol. The zero-order chi connectivity index (χ0) is 13.5. The molecule has 6 heteroatoms. The molecule has 19 heavy (non-hydrogen) atoms. The van der Waals surface area contributed by atoms with E-state index in [1.807, 2.05) is 17.5 Å². The van der Waals surface area contributed by atoms with Crippen molar-refractivity contribution >= 4 is 40.0 Å². The second-order valence-electron chi connectivity index (χ2n) is 4.48. The second kappa shape index (κ2) is 8.39. The number of rotatable bonds is 7. The molecule has 108 valence electrons. The molecule has 0 spiro atoms. The van der Waals surface area contributed by atoms with Gasteiger partial charge in [-0.1, -0.05) is 0 Å². The van der Waals surface area contributed by atoms with Gasteiger partial charge in [0.15, 0.2) is 5.13 Å². The summed E-state index contributed by atoms with van der Waals surface area (Å²) < 4.78 is 0. The van der Waals surface area contributed by atoms with Gasteiger partial charge in [-0.25, -0.2) is 4.98 Å². The van der Waals surface area contributed by atoms with Crippen molar-refractivity contribution in [1.82, 2.24) is 10.3 Å². The Morgan fingerprint density at radius 3 is 2.89 bits per heavy atom. The van der Waals surface area contributed by atoms with E-state index in [1.165, 1.54) is 22.1 Å². The summed E-state index contributed by atoms with van der Waals surface area (Å²) in [4.78, 5) is 8.17. The van der Waals surface area contributed by atoms with Crippen LogP contribution in [0.15, 0.2) is 6.20 Å². The number of hydrogen-bond donors (Lipinski definition) is 1. The summed E-state index contributed by atoms with van der Waals surface area (Å²) in [6, 6.07) is 0. The average Bonchev–Trinajstić information content (AvgIpc) is 2.90. The lowest BCUT2D eigenvalue weighted by Crippen LogP contribution is -2.28. The SMILES string of the molecule is CCN(CC)c1ncc(CNCC2CSCCS2)s1. The van der Waals surface area contributed by atoms with Crippen LogP contribution in [0.25, 0.3) is 0 Å². The maximum Gasteiger partial charge on any atom is 0.185 e. The monoisotopic (exact) mass is 317 g/mol. The van der Waals surface area contributed by atoms with Crippen molar-refractivity contribution in [3.8, 4) is 0 Å². The van der Waals surface area contributed by atoms with Gasteiger partial charge in [-0.05, 0) is 13.8 Å². The van der Waals surface area contributed by atoms with Crippen molar-refractivity contribution in [2.24, 2.45) is 0 Å². The lowest BCUT2D eigenvalue weighted by Gasteiger charge is -2.20. The summed E-state index contributed by atoms with van der Waals surface area (Å²) in [6.07, 6.45) is 2.02. The van der Waals surface area contributed by atoms with Gasteiger partial charge in [0.05, 0.1) is 0 Å². The van der Waals surface area contributed by atoms with Crippen molar-refractivity contribution < 1.29 is 0 Å². The van der Waals surface area contributed by atoms with Crippen molar-refractivity contribution in [3.63, 3.8) is 0 Å². The van der Waals surface area contributed by atoms with Crippen LogP contribution in [0.5, 0.6) is 0 Å². The van der Waals surface area contributed by atoms with E-state index in [1.54, 1.807) is 0 Å². The first-order valence-corrected chi connectivity index (χ1v) is 9.95. The van der Waals surface area contributed by atoms with Gasteiger partial charge in [0.2, 0.25) is 0 Å². The van der Waals surface area contributed by atoms with E-state index in [0.29, 0.717) is 0 Å². The Morgan fingerprint density at radius 2 is 2.21 bits per heavy atom. The van der Waals surface area contributed by atoms with E-state index in [-0.39, 0.29) is 0 Å². The number of thiazole rings is 1. The van der Waals surface area contributed by atoms with E-state index in [2.05, 4.69) is 52.6 Å². The zero-order valence-corrected chi connectivity index (χ0v) is 14.2. The van der Waals surface area contributed by atoms with Crippen LogP contribution in [0.4, 0.5) is 5.13 Å². The number of aromatic nitrogens is 1. The number of anilines is 1. The zero-order valence-electron chi connectivity index (χ0n) is 11.7. The Bertz CT molecular complexity index is 360. The lowest BCUT2D eigenvalue weighted by molar-refractivity contribution is 0.692. The van der Waals surface area contributed by atoms with Crippen LogP contribution in [-0.4, -0.2) is 47.1 Å². The van der Waals surface area contributed by atoms with E-state index in [4.69, 9.17) is 0 Å². The van der Waals surface area contributed by atoms with Crippen molar-refractivity contribution in [2.75, 3.05) is 41.8 Å². The van der Waals surface area contributed by atoms with Gasteiger partial charge in [-0.3, -0.25) is 0 Å². The molecule has 1 aromatic heterocycles. The summed E-state index contributed by atoms with van der Waals surface area (Å²) in [5.74, 6) is 3.93. The third-order valence-electron chi connectivity index (χ3n) is 3.13. The molecule has 2 heterocycles. The number of nitrogens with one attached hydrogen (secondary N) is 1. The third-order valence-corrected chi connectivity index (χ3v) is 7.03. The van der Waals surface area contributed by atoms with Crippen molar-refractivity contribution in [2.45, 2.75) is 25.6 Å². The van der Waals surface area contributed by atoms with Gasteiger partial charge in [-0.2, -0.15) is 23.5 Å². The molecule has 0 aliphatic carbocycles. The highest BCUT2D eigenvalue weighted by atomic mass is 32.2. The predicted octanol–water partition coefficient (Wildman–Crippen LogP) is 2.93. The van der Waals surface area contributed by atoms with Gasteiger partial charge in [0, 0.05) is 59.8 Å². The van der Waals surface area contributed by atoms with Crippen LogP contribution in [0.3, 0.4) is 0 Å². The highest BCUT2D eigenvalue weighted by Crippen LogP contribution is 2.24. The Hall–Kier alpha value is 0.0900. The number of nitrogens with zero attached hydrogens (tertiary/aromatic N) is 2. The molecule has 2 rings (SSSR count). The van der Waals surface area contributed by atoms with E-state index >= 15 is 0 Å². The fourth-order valence-corrected chi connectivity index (χ4v) is 5.68. The van der Waals surface area contributed by atoms with E-state index < -0.39 is 0 Å². The summed E-state index contributed by atoms with van der Waals surface area (Å²) in [5, 5.41) is 5.52. The number of thioether (sulfide) groups is 2. The maximum absolute atomic E-state index is 4.52. The molecule has 0 bridgehead atoms. The fraction of sp³-hybridized carbons (Fsp3) is 0.769. The first-order chi connectivity index (χ1) is 9.33. The predicted molar refractivity (Wildman–Crippen MR) is 91.0 cm³/mol. The Labute approximate surface area is 128 Å². The van der Waals surface area contributed by atoms with Crippen LogP contribution in [0.1, 0.15) is 18.7 Å². The molecular formula is C13H23N3S3. The molecule has 1 saturated heterocycles. The molecular weight excluding hydrogens is 294 g/mol. The molecule has 1 aliphatic heterocycles. The standard InChI is InChI=1S/C13H23N3S3/c1-3-16(4-2)13-15-9-11(19-13)7-14-8-12-10-17-5-6-18-12/h9,12,14H,3-8,10H2,1-2H3. The van der Waals surface area contributed by atoms with E-state index in [0.717, 1.165) is 36.6 Å². The summed E-state index contributed by atoms with van der Waals surface area (Å²) in [7, 11) is 0. The molecule has 1 atom stereocenters. The maximum atomic E-state index is 4.52. The Balaban J connectivity index is 1.73. The summed E-state index contributed by atoms with van der Waals surface area (Å²) in [6.45, 7) is 8.51. The summed E-state index contributed by atoms with van der Waals surface area (Å²) >= 11 is 6.01. The second-order valence-corrected chi connectivity index (χ2v) is 8.13. The molecule has 0 saturated carbocycles. The molecule has 1 aromatic rings. The minimum atomic E-state index is 0.786. The third kappa shape index (κ3) is 4.85. The number of hydrogen-bond acceptors (Lipinski definition) is 6. The fourth-order valence-electron chi connectivity index (χ4n) is 2.03. The van der Waals surface area contributed by atoms with Crippen molar-refractivity contribution in [1.29, 1.82) is 0 Å². The van der Waals surface area contributed by atoms with Gasteiger partial charge in [0.25, 0.3) is 0 Å². The molecule has 3 nitrogen and oxygen atoms in total. The van der Waals surface area contributed by atoms with Gasteiger partial charge in [-0.15, -0.1) is 11.3 Å². The minimum absolute atomic E-state index is 0.786. The van der Waals surface area contributed by atoms with Gasteiger partial charge in [0.1, 0.15) is 0 Å². The quantitative estimate of drug-likeness (QED) is 0.835. The van der Waals surface area contributed by atoms with Crippen LogP contribution in [-0.2, 0) is 6.54 Å². The molecule has 0 aromatic carbocycles. The Morgan fingerprint density at radius 1 is 1.37 bits per heavy atom. The van der Waals surface area contributed by atoms with Gasteiger partial charge < -0.3 is 10.2 Å². The largest absolute Gasteiger partial charge is 0.349 e. The lowest BCUT2D eigenvalue weighted by atomic mass is 10.4. The van der Waals surface area contributed by atoms with Crippen molar-refractivity contribution in [3.05, 3.63) is 11.1 Å². The molecule has 1 aliphatic rings. The van der Waals surface area contributed by atoms with Gasteiger partial charge >= 0.3 is 0 Å². The van der Waals surface area contributed by atoms with Crippen LogP contribution in [0, 0.1) is 0 Å². The van der Waals surface area contributed by atoms with Crippen LogP contribution < -0.4 is 10.2 Å². The summed E-state index contributed by atoms with van der Waals surface area (Å²) in [5.41, 5.74) is 0. The topological polar surface area (TPSA) is 28.2 Å². The first-order valence-electron chi connectivity index (χ1n) is 6.93. The van der Waals surface area contributed by atoms with Crippen LogP contribution in [0.2, 0.25) is 0 Å². The molecule has 1 unspecified atom stereocenters. The molecule has 0 amide bonds. The smallest absolute Gasteiger partial charge is 0.185 e. The normalized spacial score (nSPS) is 19.6. The van der Waals surface area contributed by atoms with Crippen LogP contribution >= 0.6 is 34.9 Å². The molecule has 0 radical (unpaired) electrons. The minimum Gasteiger partial charge on any atom is -0.349 e. The highest BCUT2D eigenvalue weighted by molar-refractivity contribution is 8.06.